The number of hydrogen-bond donors (Lipinski definition) is 2. The van der Waals surface area contributed by atoms with Crippen LogP contribution in [0, 0.1) is 16.0 Å². The summed E-state index contributed by atoms with van der Waals surface area (Å²) in [6, 6.07) is 5.97. The lowest BCUT2D eigenvalue weighted by Gasteiger charge is -2.08. The standard InChI is InChI=1S/C12H13N3O4/c16-11-5-9(7-13-11)12(17)14-6-8-1-3-10(4-2-8)15(18)19/h1-4,9H,5-7H2,(H,13,16)(H,14,17). The van der Waals surface area contributed by atoms with Crippen molar-refractivity contribution in [3.8, 4) is 0 Å². The van der Waals surface area contributed by atoms with Crippen molar-refractivity contribution in [3.05, 3.63) is 39.9 Å². The zero-order valence-electron chi connectivity index (χ0n) is 10.1. The number of nitrogens with zero attached hydrogens (tertiary/aromatic N) is 1. The number of amides is 2. The minimum Gasteiger partial charge on any atom is -0.355 e. The van der Waals surface area contributed by atoms with Crippen molar-refractivity contribution in [2.75, 3.05) is 6.54 Å². The maximum Gasteiger partial charge on any atom is 0.269 e. The SMILES string of the molecule is O=C1CC(C(=O)NCc2ccc([N+](=O)[O-])cc2)CN1. The number of hydrogen-bond acceptors (Lipinski definition) is 4. The molecule has 1 unspecified atom stereocenters. The van der Waals surface area contributed by atoms with Gasteiger partial charge in [-0.15, -0.1) is 0 Å². The lowest BCUT2D eigenvalue weighted by molar-refractivity contribution is -0.384. The van der Waals surface area contributed by atoms with Gasteiger partial charge in [0.15, 0.2) is 0 Å². The number of nitro groups is 1. The summed E-state index contributed by atoms with van der Waals surface area (Å²) in [7, 11) is 0. The summed E-state index contributed by atoms with van der Waals surface area (Å²) in [5.41, 5.74) is 0.789. The number of carbonyl (C=O) groups is 2. The van der Waals surface area contributed by atoms with E-state index in [4.69, 9.17) is 0 Å². The zero-order chi connectivity index (χ0) is 13.8. The monoisotopic (exact) mass is 263 g/mol. The predicted octanol–water partition coefficient (Wildman–Crippen LogP) is 0.347. The van der Waals surface area contributed by atoms with Crippen molar-refractivity contribution in [2.45, 2.75) is 13.0 Å². The third-order valence-electron chi connectivity index (χ3n) is 2.96. The fraction of sp³-hybridized carbons (Fsp3) is 0.333. The van der Waals surface area contributed by atoms with E-state index in [9.17, 15) is 19.7 Å². The topological polar surface area (TPSA) is 101 Å². The molecule has 1 aliphatic rings. The Bertz CT molecular complexity index is 512. The first kappa shape index (κ1) is 13.0. The Morgan fingerprint density at radius 1 is 1.42 bits per heavy atom. The van der Waals surface area contributed by atoms with Crippen LogP contribution >= 0.6 is 0 Å². The summed E-state index contributed by atoms with van der Waals surface area (Å²) in [4.78, 5) is 32.7. The van der Waals surface area contributed by atoms with Gasteiger partial charge in [0, 0.05) is 31.6 Å². The summed E-state index contributed by atoms with van der Waals surface area (Å²) in [5.74, 6) is -0.627. The molecule has 7 heteroatoms. The summed E-state index contributed by atoms with van der Waals surface area (Å²) in [5, 5.41) is 15.8. The van der Waals surface area contributed by atoms with Crippen molar-refractivity contribution in [1.29, 1.82) is 0 Å². The van der Waals surface area contributed by atoms with E-state index in [2.05, 4.69) is 10.6 Å². The molecule has 2 amide bonds. The van der Waals surface area contributed by atoms with Gasteiger partial charge in [0.1, 0.15) is 0 Å². The fourth-order valence-electron chi connectivity index (χ4n) is 1.86. The number of nitrogens with one attached hydrogen (secondary N) is 2. The third kappa shape index (κ3) is 3.27. The average molecular weight is 263 g/mol. The second kappa shape index (κ2) is 5.47. The highest BCUT2D eigenvalue weighted by molar-refractivity contribution is 5.89. The number of non-ortho nitro benzene ring substituents is 1. The van der Waals surface area contributed by atoms with E-state index in [0.717, 1.165) is 5.56 Å². The van der Waals surface area contributed by atoms with Gasteiger partial charge in [0.05, 0.1) is 10.8 Å². The van der Waals surface area contributed by atoms with Crippen LogP contribution in [0.4, 0.5) is 5.69 Å². The van der Waals surface area contributed by atoms with Crippen LogP contribution in [0.5, 0.6) is 0 Å². The van der Waals surface area contributed by atoms with Crippen molar-refractivity contribution >= 4 is 17.5 Å². The fourth-order valence-corrected chi connectivity index (χ4v) is 1.86. The molecule has 1 aliphatic heterocycles. The first-order valence-electron chi connectivity index (χ1n) is 5.84. The van der Waals surface area contributed by atoms with E-state index in [-0.39, 0.29) is 29.8 Å². The molecule has 0 spiro atoms. The molecule has 100 valence electrons. The van der Waals surface area contributed by atoms with Gasteiger partial charge in [-0.2, -0.15) is 0 Å². The second-order valence-corrected chi connectivity index (χ2v) is 4.35. The highest BCUT2D eigenvalue weighted by Gasteiger charge is 2.27. The second-order valence-electron chi connectivity index (χ2n) is 4.35. The molecule has 0 aliphatic carbocycles. The van der Waals surface area contributed by atoms with Crippen LogP contribution in [0.25, 0.3) is 0 Å². The molecule has 1 heterocycles. The largest absolute Gasteiger partial charge is 0.355 e. The van der Waals surface area contributed by atoms with E-state index in [1.165, 1.54) is 12.1 Å². The maximum atomic E-state index is 11.7. The van der Waals surface area contributed by atoms with E-state index >= 15 is 0 Å². The van der Waals surface area contributed by atoms with Gasteiger partial charge in [0.25, 0.3) is 5.69 Å². The van der Waals surface area contributed by atoms with Crippen LogP contribution in [-0.2, 0) is 16.1 Å². The molecule has 1 aromatic carbocycles. The number of nitro benzene ring substituents is 1. The van der Waals surface area contributed by atoms with Crippen molar-refractivity contribution < 1.29 is 14.5 Å². The van der Waals surface area contributed by atoms with E-state index in [1.54, 1.807) is 12.1 Å². The minimum absolute atomic E-state index is 0.0145. The lowest BCUT2D eigenvalue weighted by Crippen LogP contribution is -2.31. The van der Waals surface area contributed by atoms with Gasteiger partial charge < -0.3 is 10.6 Å². The molecule has 0 saturated carbocycles. The van der Waals surface area contributed by atoms with Gasteiger partial charge in [0.2, 0.25) is 11.8 Å². The number of benzene rings is 1. The molecule has 19 heavy (non-hydrogen) atoms. The molecule has 2 rings (SSSR count). The highest BCUT2D eigenvalue weighted by atomic mass is 16.6. The average Bonchev–Trinajstić information content (AvgIpc) is 2.83. The lowest BCUT2D eigenvalue weighted by atomic mass is 10.1. The van der Waals surface area contributed by atoms with E-state index in [1.807, 2.05) is 0 Å². The molecule has 0 bridgehead atoms. The minimum atomic E-state index is -0.474. The van der Waals surface area contributed by atoms with Crippen molar-refractivity contribution in [2.24, 2.45) is 5.92 Å². The van der Waals surface area contributed by atoms with Gasteiger partial charge in [-0.05, 0) is 5.56 Å². The zero-order valence-corrected chi connectivity index (χ0v) is 10.1. The Morgan fingerprint density at radius 2 is 2.11 bits per heavy atom. The smallest absolute Gasteiger partial charge is 0.269 e. The molecule has 7 nitrogen and oxygen atoms in total. The molecule has 0 radical (unpaired) electrons. The van der Waals surface area contributed by atoms with Crippen LogP contribution in [0.15, 0.2) is 24.3 Å². The molecule has 1 saturated heterocycles. The summed E-state index contributed by atoms with van der Waals surface area (Å²) in [6.07, 6.45) is 0.214. The predicted molar refractivity (Wildman–Crippen MR) is 66.1 cm³/mol. The van der Waals surface area contributed by atoms with E-state index < -0.39 is 4.92 Å². The highest BCUT2D eigenvalue weighted by Crippen LogP contribution is 2.12. The first-order chi connectivity index (χ1) is 9.06. The molecule has 0 aromatic heterocycles. The van der Waals surface area contributed by atoms with Gasteiger partial charge >= 0.3 is 0 Å². The Balaban J connectivity index is 1.86. The van der Waals surface area contributed by atoms with Crippen LogP contribution < -0.4 is 10.6 Å². The van der Waals surface area contributed by atoms with Crippen molar-refractivity contribution in [3.63, 3.8) is 0 Å². The molecular weight excluding hydrogens is 250 g/mol. The van der Waals surface area contributed by atoms with Crippen LogP contribution in [-0.4, -0.2) is 23.3 Å². The van der Waals surface area contributed by atoms with Gasteiger partial charge in [-0.3, -0.25) is 19.7 Å². The normalized spacial score (nSPS) is 17.9. The van der Waals surface area contributed by atoms with Crippen molar-refractivity contribution in [1.82, 2.24) is 10.6 Å². The molecule has 1 fully saturated rings. The van der Waals surface area contributed by atoms with Crippen LogP contribution in [0.3, 0.4) is 0 Å². The Morgan fingerprint density at radius 3 is 2.63 bits per heavy atom. The quantitative estimate of drug-likeness (QED) is 0.604. The third-order valence-corrected chi connectivity index (χ3v) is 2.96. The summed E-state index contributed by atoms with van der Waals surface area (Å²) in [6.45, 7) is 0.659. The van der Waals surface area contributed by atoms with E-state index in [0.29, 0.717) is 13.1 Å². The number of rotatable bonds is 4. The molecular formula is C12H13N3O4. The van der Waals surface area contributed by atoms with Crippen LogP contribution in [0.1, 0.15) is 12.0 Å². The summed E-state index contributed by atoms with van der Waals surface area (Å²) < 4.78 is 0. The first-order valence-corrected chi connectivity index (χ1v) is 5.84. The van der Waals surface area contributed by atoms with Gasteiger partial charge in [-0.1, -0.05) is 12.1 Å². The van der Waals surface area contributed by atoms with Gasteiger partial charge in [-0.25, -0.2) is 0 Å². The maximum absolute atomic E-state index is 11.7. The molecule has 2 N–H and O–H groups in total. The Labute approximate surface area is 109 Å². The summed E-state index contributed by atoms with van der Waals surface area (Å²) >= 11 is 0. The Hall–Kier alpha value is -2.44. The Kier molecular flexibility index (Phi) is 3.74. The molecule has 1 aromatic rings. The number of carbonyl (C=O) groups excluding carboxylic acids is 2. The van der Waals surface area contributed by atoms with Crippen LogP contribution in [0.2, 0.25) is 0 Å². The molecule has 1 atom stereocenters.